The Labute approximate surface area is 154 Å². The maximum Gasteiger partial charge on any atom is 0.573 e. The number of fused-ring (bicyclic) bond motifs is 3. The summed E-state index contributed by atoms with van der Waals surface area (Å²) in [4.78, 5) is 13.3. The molecular weight excluding hydrogens is 381 g/mol. The third kappa shape index (κ3) is 3.01. The Morgan fingerprint density at radius 2 is 1.93 bits per heavy atom. The van der Waals surface area contributed by atoms with Crippen molar-refractivity contribution in [3.8, 4) is 11.4 Å². The number of thiophene rings is 1. The number of rotatable bonds is 3. The number of hydrogen-bond donors (Lipinski definition) is 1. The average molecular weight is 394 g/mol. The van der Waals surface area contributed by atoms with Crippen LogP contribution in [0, 0.1) is 0 Å². The summed E-state index contributed by atoms with van der Waals surface area (Å²) in [5.74, 6) is -0.502. The molecule has 0 saturated carbocycles. The fourth-order valence-corrected chi connectivity index (χ4v) is 4.08. The van der Waals surface area contributed by atoms with Gasteiger partial charge in [-0.25, -0.2) is 0 Å². The minimum Gasteiger partial charge on any atom is -0.406 e. The molecule has 140 valence electrons. The lowest BCUT2D eigenvalue weighted by Gasteiger charge is -2.10. The van der Waals surface area contributed by atoms with E-state index in [1.54, 1.807) is 24.8 Å². The molecule has 0 saturated heterocycles. The Morgan fingerprint density at radius 1 is 1.22 bits per heavy atom. The largest absolute Gasteiger partial charge is 0.573 e. The number of hydrogen-bond acceptors (Lipinski definition) is 4. The lowest BCUT2D eigenvalue weighted by atomic mass is 10.3. The number of alkyl halides is 3. The molecule has 0 aliphatic rings. The second-order valence-electron chi connectivity index (χ2n) is 5.83. The molecule has 4 rings (SSSR count). The smallest absolute Gasteiger partial charge is 0.406 e. The fraction of sp³-hybridized carbons (Fsp3) is 0.176. The summed E-state index contributed by atoms with van der Waals surface area (Å²) in [6, 6.07) is 7.33. The van der Waals surface area contributed by atoms with E-state index in [1.165, 1.54) is 35.6 Å². The van der Waals surface area contributed by atoms with E-state index in [0.717, 1.165) is 15.6 Å². The monoisotopic (exact) mass is 394 g/mol. The van der Waals surface area contributed by atoms with E-state index < -0.39 is 6.36 Å². The summed E-state index contributed by atoms with van der Waals surface area (Å²) in [6.45, 7) is 0. The number of ether oxygens (including phenoxy) is 1. The van der Waals surface area contributed by atoms with Gasteiger partial charge in [0.2, 0.25) is 0 Å². The van der Waals surface area contributed by atoms with Gasteiger partial charge in [-0.1, -0.05) is 0 Å². The zero-order valence-electron chi connectivity index (χ0n) is 14.2. The highest BCUT2D eigenvalue weighted by molar-refractivity contribution is 7.20. The second kappa shape index (κ2) is 6.02. The van der Waals surface area contributed by atoms with Crippen molar-refractivity contribution in [1.29, 1.82) is 0 Å². The van der Waals surface area contributed by atoms with Crippen molar-refractivity contribution in [3.05, 3.63) is 41.4 Å². The van der Waals surface area contributed by atoms with E-state index in [-0.39, 0.29) is 11.7 Å². The first-order valence-corrected chi connectivity index (χ1v) is 8.64. The standard InChI is InChI=1S/C17H13F3N4O2S/c1-21-15(25)13-7-11-12-8-23(2)22-14(12)24(16(11)27-13)9-3-5-10(6-4-9)26-17(18,19)20/h3-8H,1-2H3,(H,21,25). The molecule has 0 spiro atoms. The Hall–Kier alpha value is -3.01. The van der Waals surface area contributed by atoms with Crippen LogP contribution in [0.25, 0.3) is 26.9 Å². The molecule has 0 radical (unpaired) electrons. The molecule has 27 heavy (non-hydrogen) atoms. The molecule has 0 aliphatic heterocycles. The van der Waals surface area contributed by atoms with Crippen LogP contribution in [0.1, 0.15) is 9.67 Å². The Balaban J connectivity index is 1.88. The van der Waals surface area contributed by atoms with Gasteiger partial charge in [-0.2, -0.15) is 5.10 Å². The lowest BCUT2D eigenvalue weighted by molar-refractivity contribution is -0.274. The van der Waals surface area contributed by atoms with Gasteiger partial charge in [0.1, 0.15) is 10.6 Å². The van der Waals surface area contributed by atoms with E-state index in [2.05, 4.69) is 15.2 Å². The number of aromatic nitrogens is 3. The molecule has 3 aromatic heterocycles. The summed E-state index contributed by atoms with van der Waals surface area (Å²) in [5.41, 5.74) is 1.28. The van der Waals surface area contributed by atoms with Crippen LogP contribution in [0.4, 0.5) is 13.2 Å². The van der Waals surface area contributed by atoms with Crippen molar-refractivity contribution in [3.63, 3.8) is 0 Å². The molecule has 6 nitrogen and oxygen atoms in total. The zero-order valence-corrected chi connectivity index (χ0v) is 15.0. The van der Waals surface area contributed by atoms with Crippen LogP contribution in [-0.4, -0.2) is 33.7 Å². The first-order valence-electron chi connectivity index (χ1n) is 7.82. The molecule has 10 heteroatoms. The van der Waals surface area contributed by atoms with Crippen molar-refractivity contribution in [2.75, 3.05) is 7.05 Å². The summed E-state index contributed by atoms with van der Waals surface area (Å²) < 4.78 is 44.5. The van der Waals surface area contributed by atoms with Gasteiger partial charge in [0.05, 0.1) is 4.88 Å². The van der Waals surface area contributed by atoms with Gasteiger partial charge in [0.25, 0.3) is 5.91 Å². The zero-order chi connectivity index (χ0) is 19.3. The maximum absolute atomic E-state index is 12.4. The van der Waals surface area contributed by atoms with Crippen molar-refractivity contribution < 1.29 is 22.7 Å². The van der Waals surface area contributed by atoms with E-state index in [0.29, 0.717) is 16.2 Å². The van der Waals surface area contributed by atoms with Crippen LogP contribution in [0.3, 0.4) is 0 Å². The van der Waals surface area contributed by atoms with E-state index in [9.17, 15) is 18.0 Å². The molecular formula is C17H13F3N4O2S. The first kappa shape index (κ1) is 17.4. The van der Waals surface area contributed by atoms with Gasteiger partial charge >= 0.3 is 6.36 Å². The third-order valence-electron chi connectivity index (χ3n) is 4.01. The SMILES string of the molecule is CNC(=O)c1cc2c3cn(C)nc3n(-c3ccc(OC(F)(F)F)cc3)c2s1. The number of carbonyl (C=O) groups excluding carboxylic acids is 1. The predicted molar refractivity (Wildman–Crippen MR) is 95.5 cm³/mol. The third-order valence-corrected chi connectivity index (χ3v) is 5.13. The van der Waals surface area contributed by atoms with E-state index in [4.69, 9.17) is 0 Å². The molecule has 0 atom stereocenters. The highest BCUT2D eigenvalue weighted by Gasteiger charge is 2.31. The highest BCUT2D eigenvalue weighted by atomic mass is 32.1. The van der Waals surface area contributed by atoms with Crippen molar-refractivity contribution >= 4 is 38.5 Å². The van der Waals surface area contributed by atoms with Crippen LogP contribution in [0.2, 0.25) is 0 Å². The lowest BCUT2D eigenvalue weighted by Crippen LogP contribution is -2.17. The van der Waals surface area contributed by atoms with Crippen LogP contribution >= 0.6 is 11.3 Å². The molecule has 3 heterocycles. The quantitative estimate of drug-likeness (QED) is 0.574. The van der Waals surface area contributed by atoms with Crippen LogP contribution < -0.4 is 10.1 Å². The van der Waals surface area contributed by atoms with Crippen molar-refractivity contribution in [1.82, 2.24) is 19.7 Å². The number of nitrogens with one attached hydrogen (secondary N) is 1. The summed E-state index contributed by atoms with van der Waals surface area (Å²) >= 11 is 1.29. The Bertz CT molecular complexity index is 1160. The minimum atomic E-state index is -4.74. The molecule has 1 amide bonds. The summed E-state index contributed by atoms with van der Waals surface area (Å²) in [6.07, 6.45) is -2.90. The molecule has 0 fully saturated rings. The molecule has 0 aliphatic carbocycles. The molecule has 1 N–H and O–H groups in total. The summed E-state index contributed by atoms with van der Waals surface area (Å²) in [5, 5.41) is 8.76. The number of aryl methyl sites for hydroxylation is 1. The summed E-state index contributed by atoms with van der Waals surface area (Å²) in [7, 11) is 3.34. The predicted octanol–water partition coefficient (Wildman–Crippen LogP) is 3.84. The van der Waals surface area contributed by atoms with Gasteiger partial charge in [-0.3, -0.25) is 14.0 Å². The Kier molecular flexibility index (Phi) is 3.88. The Morgan fingerprint density at radius 3 is 2.56 bits per heavy atom. The minimum absolute atomic E-state index is 0.200. The van der Waals surface area contributed by atoms with Crippen LogP contribution in [0.15, 0.2) is 36.5 Å². The van der Waals surface area contributed by atoms with Gasteiger partial charge < -0.3 is 10.1 Å². The fourth-order valence-electron chi connectivity index (χ4n) is 2.94. The normalized spacial score (nSPS) is 12.0. The van der Waals surface area contributed by atoms with E-state index >= 15 is 0 Å². The van der Waals surface area contributed by atoms with Gasteiger partial charge in [-0.05, 0) is 30.3 Å². The number of carbonyl (C=O) groups is 1. The molecule has 1 aromatic carbocycles. The maximum atomic E-state index is 12.4. The van der Waals surface area contributed by atoms with Crippen molar-refractivity contribution in [2.24, 2.45) is 7.05 Å². The number of benzene rings is 1. The van der Waals surface area contributed by atoms with Gasteiger partial charge in [0, 0.05) is 36.8 Å². The molecule has 0 bridgehead atoms. The van der Waals surface area contributed by atoms with Crippen molar-refractivity contribution in [2.45, 2.75) is 6.36 Å². The van der Waals surface area contributed by atoms with Crippen LogP contribution in [-0.2, 0) is 7.05 Å². The number of halogens is 3. The second-order valence-corrected chi connectivity index (χ2v) is 6.86. The van der Waals surface area contributed by atoms with Gasteiger partial charge in [-0.15, -0.1) is 24.5 Å². The van der Waals surface area contributed by atoms with Crippen LogP contribution in [0.5, 0.6) is 5.75 Å². The topological polar surface area (TPSA) is 61.1 Å². The number of amides is 1. The molecule has 4 aromatic rings. The first-order chi connectivity index (χ1) is 12.8. The van der Waals surface area contributed by atoms with E-state index in [1.807, 2.05) is 10.8 Å². The number of nitrogens with zero attached hydrogens (tertiary/aromatic N) is 3. The average Bonchev–Trinajstić information content (AvgIpc) is 3.24. The molecule has 0 unspecified atom stereocenters. The van der Waals surface area contributed by atoms with Gasteiger partial charge in [0.15, 0.2) is 5.65 Å². The highest BCUT2D eigenvalue weighted by Crippen LogP contribution is 2.37.